The molecule has 78 valence electrons. The first-order valence-electron chi connectivity index (χ1n) is 4.00. The molecule has 0 aliphatic heterocycles. The minimum Gasteiger partial charge on any atom is -0.405 e. The summed E-state index contributed by atoms with van der Waals surface area (Å²) in [5.74, 6) is -0.148. The molecule has 1 rings (SSSR count). The van der Waals surface area contributed by atoms with E-state index in [9.17, 15) is 13.2 Å². The Kier molecular flexibility index (Phi) is 2.69. The first kappa shape index (κ1) is 10.8. The topological polar surface area (TPSA) is 22.1 Å². The Balaban J connectivity index is 3.13. The lowest BCUT2D eigenvalue weighted by molar-refractivity contribution is -0.275. The zero-order valence-corrected chi connectivity index (χ0v) is 8.07. The summed E-state index contributed by atoms with van der Waals surface area (Å²) in [6, 6.07) is 0. The Morgan fingerprint density at radius 3 is 2.29 bits per heavy atom. The normalized spacial score (nSPS) is 11.6. The fourth-order valence-corrected chi connectivity index (χ4v) is 1.08. The molecule has 5 heteroatoms. The third-order valence-electron chi connectivity index (χ3n) is 1.91. The van der Waals surface area contributed by atoms with Gasteiger partial charge < -0.3 is 4.74 Å². The summed E-state index contributed by atoms with van der Waals surface area (Å²) in [5.41, 5.74) is 1.34. The zero-order valence-electron chi connectivity index (χ0n) is 8.07. The Bertz CT molecular complexity index is 347. The van der Waals surface area contributed by atoms with Crippen molar-refractivity contribution in [3.8, 4) is 5.75 Å². The van der Waals surface area contributed by atoms with Crippen LogP contribution >= 0.6 is 0 Å². The fourth-order valence-electron chi connectivity index (χ4n) is 1.08. The van der Waals surface area contributed by atoms with Crippen LogP contribution in [0.5, 0.6) is 5.75 Å². The molecule has 1 aromatic rings. The van der Waals surface area contributed by atoms with Gasteiger partial charge in [-0.05, 0) is 20.8 Å². The molecule has 0 radical (unpaired) electrons. The third-order valence-corrected chi connectivity index (χ3v) is 1.91. The van der Waals surface area contributed by atoms with E-state index in [-0.39, 0.29) is 5.75 Å². The highest BCUT2D eigenvalue weighted by Crippen LogP contribution is 2.29. The molecule has 0 amide bonds. The summed E-state index contributed by atoms with van der Waals surface area (Å²) < 4.78 is 39.9. The number of nitrogens with zero attached hydrogens (tertiary/aromatic N) is 1. The SMILES string of the molecule is Cc1cnc(C)c(C)c1OC(F)(F)F. The second kappa shape index (κ2) is 3.48. The summed E-state index contributed by atoms with van der Waals surface area (Å²) in [6.07, 6.45) is -3.28. The van der Waals surface area contributed by atoms with Crippen LogP contribution in [0.4, 0.5) is 13.2 Å². The van der Waals surface area contributed by atoms with Gasteiger partial charge in [0.2, 0.25) is 0 Å². The van der Waals surface area contributed by atoms with Crippen LogP contribution in [0.3, 0.4) is 0 Å². The molecule has 2 nitrogen and oxygen atoms in total. The van der Waals surface area contributed by atoms with E-state index in [1.165, 1.54) is 13.1 Å². The highest BCUT2D eigenvalue weighted by molar-refractivity contribution is 5.40. The number of hydrogen-bond donors (Lipinski definition) is 0. The van der Waals surface area contributed by atoms with E-state index >= 15 is 0 Å². The molecule has 0 saturated heterocycles. The van der Waals surface area contributed by atoms with Crippen molar-refractivity contribution in [3.63, 3.8) is 0 Å². The number of hydrogen-bond acceptors (Lipinski definition) is 2. The Morgan fingerprint density at radius 2 is 1.79 bits per heavy atom. The van der Waals surface area contributed by atoms with Gasteiger partial charge in [-0.1, -0.05) is 0 Å². The summed E-state index contributed by atoms with van der Waals surface area (Å²) in [6.45, 7) is 4.72. The van der Waals surface area contributed by atoms with Crippen molar-refractivity contribution in [2.45, 2.75) is 27.1 Å². The maximum atomic E-state index is 12.0. The molecule has 0 aromatic carbocycles. The first-order valence-corrected chi connectivity index (χ1v) is 4.00. The molecule has 0 bridgehead atoms. The lowest BCUT2D eigenvalue weighted by Gasteiger charge is -2.14. The minimum absolute atomic E-state index is 0.148. The van der Waals surface area contributed by atoms with E-state index in [1.54, 1.807) is 13.8 Å². The lowest BCUT2D eigenvalue weighted by atomic mass is 10.1. The van der Waals surface area contributed by atoms with Crippen LogP contribution in [0.25, 0.3) is 0 Å². The highest BCUT2D eigenvalue weighted by Gasteiger charge is 2.32. The van der Waals surface area contributed by atoms with Gasteiger partial charge in [0.05, 0.1) is 0 Å². The Labute approximate surface area is 79.7 Å². The van der Waals surface area contributed by atoms with Crippen molar-refractivity contribution in [1.29, 1.82) is 0 Å². The van der Waals surface area contributed by atoms with E-state index in [0.29, 0.717) is 16.8 Å². The van der Waals surface area contributed by atoms with Crippen LogP contribution in [-0.4, -0.2) is 11.3 Å². The summed E-state index contributed by atoms with van der Waals surface area (Å²) in [7, 11) is 0. The van der Waals surface area contributed by atoms with Crippen LogP contribution in [0.15, 0.2) is 6.20 Å². The number of pyridine rings is 1. The molecule has 1 aromatic heterocycles. The van der Waals surface area contributed by atoms with Crippen molar-refractivity contribution in [3.05, 3.63) is 23.0 Å². The quantitative estimate of drug-likeness (QED) is 0.703. The largest absolute Gasteiger partial charge is 0.573 e. The molecule has 0 unspecified atom stereocenters. The molecule has 0 fully saturated rings. The predicted molar refractivity (Wildman–Crippen MR) is 45.1 cm³/mol. The van der Waals surface area contributed by atoms with E-state index in [0.717, 1.165) is 0 Å². The molecule has 14 heavy (non-hydrogen) atoms. The number of alkyl halides is 3. The van der Waals surface area contributed by atoms with Gasteiger partial charge in [-0.3, -0.25) is 4.98 Å². The van der Waals surface area contributed by atoms with Gasteiger partial charge in [0.15, 0.2) is 0 Å². The third kappa shape index (κ3) is 2.37. The summed E-state index contributed by atoms with van der Waals surface area (Å²) >= 11 is 0. The molecule has 0 aliphatic carbocycles. The van der Waals surface area contributed by atoms with Gasteiger partial charge in [-0.25, -0.2) is 0 Å². The molecule has 0 N–H and O–H groups in total. The van der Waals surface area contributed by atoms with Crippen LogP contribution in [0.1, 0.15) is 16.8 Å². The molecular formula is C9H10F3NO. The van der Waals surface area contributed by atoms with E-state index < -0.39 is 6.36 Å². The maximum Gasteiger partial charge on any atom is 0.573 e. The van der Waals surface area contributed by atoms with Gasteiger partial charge >= 0.3 is 6.36 Å². The van der Waals surface area contributed by atoms with Crippen LogP contribution in [0, 0.1) is 20.8 Å². The number of halogens is 3. The fraction of sp³-hybridized carbons (Fsp3) is 0.444. The molecular weight excluding hydrogens is 195 g/mol. The molecule has 0 aliphatic rings. The van der Waals surface area contributed by atoms with E-state index in [2.05, 4.69) is 9.72 Å². The van der Waals surface area contributed by atoms with Gasteiger partial charge in [0.25, 0.3) is 0 Å². The molecule has 0 atom stereocenters. The number of rotatable bonds is 1. The van der Waals surface area contributed by atoms with Crippen molar-refractivity contribution in [2.24, 2.45) is 0 Å². The Morgan fingerprint density at radius 1 is 1.21 bits per heavy atom. The molecule has 1 heterocycles. The average molecular weight is 205 g/mol. The van der Waals surface area contributed by atoms with Gasteiger partial charge in [-0.15, -0.1) is 13.2 Å². The lowest BCUT2D eigenvalue weighted by Crippen LogP contribution is -2.19. The highest BCUT2D eigenvalue weighted by atomic mass is 19.4. The second-order valence-electron chi connectivity index (χ2n) is 3.03. The van der Waals surface area contributed by atoms with Crippen LogP contribution in [0.2, 0.25) is 0 Å². The van der Waals surface area contributed by atoms with Crippen molar-refractivity contribution in [1.82, 2.24) is 4.98 Å². The number of aromatic nitrogens is 1. The second-order valence-corrected chi connectivity index (χ2v) is 3.03. The maximum absolute atomic E-state index is 12.0. The van der Waals surface area contributed by atoms with Crippen molar-refractivity contribution < 1.29 is 17.9 Å². The smallest absolute Gasteiger partial charge is 0.405 e. The van der Waals surface area contributed by atoms with E-state index in [4.69, 9.17) is 0 Å². The predicted octanol–water partition coefficient (Wildman–Crippen LogP) is 2.91. The van der Waals surface area contributed by atoms with Gasteiger partial charge in [0.1, 0.15) is 5.75 Å². The zero-order chi connectivity index (χ0) is 10.9. The van der Waals surface area contributed by atoms with Gasteiger partial charge in [-0.2, -0.15) is 0 Å². The molecule has 0 saturated carbocycles. The number of aryl methyl sites for hydroxylation is 2. The number of ether oxygens (including phenoxy) is 1. The summed E-state index contributed by atoms with van der Waals surface area (Å²) in [4.78, 5) is 3.92. The average Bonchev–Trinajstić information content (AvgIpc) is 2.04. The molecule has 0 spiro atoms. The standard InChI is InChI=1S/C9H10F3NO/c1-5-4-13-7(3)6(2)8(5)14-9(10,11)12/h4H,1-3H3. The van der Waals surface area contributed by atoms with E-state index in [1.807, 2.05) is 0 Å². The Hall–Kier alpha value is -1.26. The first-order chi connectivity index (χ1) is 6.31. The van der Waals surface area contributed by atoms with Gasteiger partial charge in [0, 0.05) is 23.0 Å². The van der Waals surface area contributed by atoms with Crippen LogP contribution < -0.4 is 4.74 Å². The van der Waals surface area contributed by atoms with Crippen molar-refractivity contribution >= 4 is 0 Å². The monoisotopic (exact) mass is 205 g/mol. The van der Waals surface area contributed by atoms with Crippen LogP contribution in [-0.2, 0) is 0 Å². The summed E-state index contributed by atoms with van der Waals surface area (Å²) in [5, 5.41) is 0. The minimum atomic E-state index is -4.65. The van der Waals surface area contributed by atoms with Crippen molar-refractivity contribution in [2.75, 3.05) is 0 Å².